The maximum Gasteiger partial charge on any atom is 0.241 e. The highest BCUT2D eigenvalue weighted by molar-refractivity contribution is 7.89. The summed E-state index contributed by atoms with van der Waals surface area (Å²) < 4.78 is 27.2. The molecular weight excluding hydrogens is 260 g/mol. The summed E-state index contributed by atoms with van der Waals surface area (Å²) >= 11 is 0. The molecule has 0 aliphatic rings. The molecule has 0 atom stereocenters. The van der Waals surface area contributed by atoms with Gasteiger partial charge in [-0.3, -0.25) is 0 Å². The predicted octanol–water partition coefficient (Wildman–Crippen LogP) is 2.36. The topological polar surface area (TPSA) is 72.2 Å². The van der Waals surface area contributed by atoms with Crippen LogP contribution in [0, 0.1) is 5.92 Å². The third-order valence-corrected chi connectivity index (χ3v) is 4.37. The van der Waals surface area contributed by atoms with Crippen molar-refractivity contribution in [2.24, 2.45) is 5.92 Å². The van der Waals surface area contributed by atoms with Gasteiger partial charge in [-0.25, -0.2) is 13.1 Å². The van der Waals surface area contributed by atoms with Crippen LogP contribution in [-0.4, -0.2) is 15.0 Å². The van der Waals surface area contributed by atoms with Gasteiger partial charge in [0.05, 0.1) is 4.90 Å². The summed E-state index contributed by atoms with van der Waals surface area (Å²) in [6.07, 6.45) is 0. The maximum atomic E-state index is 12.3. The number of sulfonamides is 1. The van der Waals surface area contributed by atoms with E-state index in [0.29, 0.717) is 17.6 Å². The number of fused-ring (bicyclic) bond motifs is 1. The summed E-state index contributed by atoms with van der Waals surface area (Å²) in [6.45, 7) is 4.34. The van der Waals surface area contributed by atoms with E-state index in [4.69, 9.17) is 5.73 Å². The predicted molar refractivity (Wildman–Crippen MR) is 78.4 cm³/mol. The third-order valence-electron chi connectivity index (χ3n) is 2.89. The molecule has 3 N–H and O–H groups in total. The molecule has 0 heterocycles. The molecule has 0 fully saturated rings. The van der Waals surface area contributed by atoms with Crippen LogP contribution in [-0.2, 0) is 10.0 Å². The summed E-state index contributed by atoms with van der Waals surface area (Å²) in [5, 5.41) is 1.41. The highest BCUT2D eigenvalue weighted by atomic mass is 32.2. The van der Waals surface area contributed by atoms with Gasteiger partial charge in [0.2, 0.25) is 10.0 Å². The summed E-state index contributed by atoms with van der Waals surface area (Å²) in [5.74, 6) is 0.259. The van der Waals surface area contributed by atoms with Crippen LogP contribution in [0.1, 0.15) is 13.8 Å². The zero-order chi connectivity index (χ0) is 14.0. The molecule has 0 aromatic heterocycles. The van der Waals surface area contributed by atoms with E-state index in [2.05, 4.69) is 4.72 Å². The zero-order valence-corrected chi connectivity index (χ0v) is 11.9. The molecule has 0 spiro atoms. The Morgan fingerprint density at radius 3 is 2.42 bits per heavy atom. The van der Waals surface area contributed by atoms with Crippen LogP contribution >= 0.6 is 0 Å². The smallest absolute Gasteiger partial charge is 0.241 e. The lowest BCUT2D eigenvalue weighted by atomic mass is 10.1. The van der Waals surface area contributed by atoms with Crippen LogP contribution in [0.15, 0.2) is 41.3 Å². The van der Waals surface area contributed by atoms with Crippen molar-refractivity contribution in [2.45, 2.75) is 18.7 Å². The highest BCUT2D eigenvalue weighted by Gasteiger charge is 2.17. The average molecular weight is 278 g/mol. The van der Waals surface area contributed by atoms with Crippen LogP contribution in [0.4, 0.5) is 5.69 Å². The minimum absolute atomic E-state index is 0.259. The SMILES string of the molecule is CC(C)CNS(=O)(=O)c1cccc2c(N)cccc12. The van der Waals surface area contributed by atoms with E-state index in [1.165, 1.54) is 0 Å². The second-order valence-electron chi connectivity index (χ2n) is 4.94. The van der Waals surface area contributed by atoms with Crippen molar-refractivity contribution in [2.75, 3.05) is 12.3 Å². The molecule has 5 heteroatoms. The van der Waals surface area contributed by atoms with Gasteiger partial charge >= 0.3 is 0 Å². The van der Waals surface area contributed by atoms with Gasteiger partial charge in [0.15, 0.2) is 0 Å². The monoisotopic (exact) mass is 278 g/mol. The van der Waals surface area contributed by atoms with Gasteiger partial charge in [-0.15, -0.1) is 0 Å². The molecule has 102 valence electrons. The van der Waals surface area contributed by atoms with E-state index < -0.39 is 10.0 Å². The van der Waals surface area contributed by atoms with Crippen molar-refractivity contribution < 1.29 is 8.42 Å². The first-order valence-corrected chi connectivity index (χ1v) is 7.67. The van der Waals surface area contributed by atoms with Gasteiger partial charge in [-0.1, -0.05) is 38.1 Å². The Kier molecular flexibility index (Phi) is 3.78. The normalized spacial score (nSPS) is 12.2. The minimum Gasteiger partial charge on any atom is -0.398 e. The van der Waals surface area contributed by atoms with Crippen molar-refractivity contribution in [1.82, 2.24) is 4.72 Å². The van der Waals surface area contributed by atoms with E-state index in [-0.39, 0.29) is 10.8 Å². The average Bonchev–Trinajstić information content (AvgIpc) is 2.36. The Balaban J connectivity index is 2.54. The Morgan fingerprint density at radius 2 is 1.74 bits per heavy atom. The Hall–Kier alpha value is -1.59. The maximum absolute atomic E-state index is 12.3. The molecule has 0 saturated carbocycles. The van der Waals surface area contributed by atoms with Crippen molar-refractivity contribution in [3.05, 3.63) is 36.4 Å². The molecule has 0 unspecified atom stereocenters. The van der Waals surface area contributed by atoms with Crippen molar-refractivity contribution >= 4 is 26.5 Å². The Labute approximate surface area is 113 Å². The molecule has 2 aromatic rings. The molecule has 0 aliphatic carbocycles. The van der Waals surface area contributed by atoms with Gasteiger partial charge in [0, 0.05) is 23.0 Å². The quantitative estimate of drug-likeness (QED) is 0.843. The Bertz CT molecular complexity index is 694. The first-order valence-electron chi connectivity index (χ1n) is 6.18. The van der Waals surface area contributed by atoms with Gasteiger partial charge in [0.1, 0.15) is 0 Å². The second kappa shape index (κ2) is 5.19. The molecule has 4 nitrogen and oxygen atoms in total. The fraction of sp³-hybridized carbons (Fsp3) is 0.286. The third kappa shape index (κ3) is 2.88. The van der Waals surface area contributed by atoms with Gasteiger partial charge in [-0.05, 0) is 18.1 Å². The summed E-state index contributed by atoms with van der Waals surface area (Å²) in [5.41, 5.74) is 6.46. The number of hydrogen-bond donors (Lipinski definition) is 2. The molecule has 0 aliphatic heterocycles. The largest absolute Gasteiger partial charge is 0.398 e. The van der Waals surface area contributed by atoms with Crippen LogP contribution in [0.3, 0.4) is 0 Å². The molecular formula is C14H18N2O2S. The molecule has 2 aromatic carbocycles. The molecule has 0 radical (unpaired) electrons. The molecule has 0 saturated heterocycles. The number of anilines is 1. The number of nitrogen functional groups attached to an aromatic ring is 1. The first-order chi connectivity index (χ1) is 8.92. The zero-order valence-electron chi connectivity index (χ0n) is 11.1. The van der Waals surface area contributed by atoms with Crippen molar-refractivity contribution in [1.29, 1.82) is 0 Å². The number of hydrogen-bond acceptors (Lipinski definition) is 3. The van der Waals surface area contributed by atoms with E-state index >= 15 is 0 Å². The summed E-state index contributed by atoms with van der Waals surface area (Å²) in [7, 11) is -3.50. The van der Waals surface area contributed by atoms with Gasteiger partial charge in [0.25, 0.3) is 0 Å². The first kappa shape index (κ1) is 13.8. The van der Waals surface area contributed by atoms with Crippen molar-refractivity contribution in [3.63, 3.8) is 0 Å². The van der Waals surface area contributed by atoms with E-state index in [1.807, 2.05) is 19.9 Å². The standard InChI is InChI=1S/C14H18N2O2S/c1-10(2)9-16-19(17,18)14-8-4-5-11-12(14)6-3-7-13(11)15/h3-8,10,16H,9,15H2,1-2H3. The fourth-order valence-corrected chi connectivity index (χ4v) is 3.33. The van der Waals surface area contributed by atoms with E-state index in [1.54, 1.807) is 30.3 Å². The Morgan fingerprint density at radius 1 is 1.11 bits per heavy atom. The van der Waals surface area contributed by atoms with Gasteiger partial charge in [-0.2, -0.15) is 0 Å². The fourth-order valence-electron chi connectivity index (χ4n) is 1.89. The number of nitrogens with two attached hydrogens (primary N) is 1. The second-order valence-corrected chi connectivity index (χ2v) is 6.68. The lowest BCUT2D eigenvalue weighted by Gasteiger charge is -2.11. The molecule has 0 bridgehead atoms. The van der Waals surface area contributed by atoms with E-state index in [9.17, 15) is 8.42 Å². The molecule has 19 heavy (non-hydrogen) atoms. The summed E-state index contributed by atoms with van der Waals surface area (Å²) in [4.78, 5) is 0.276. The van der Waals surface area contributed by atoms with Gasteiger partial charge < -0.3 is 5.73 Å². The lowest BCUT2D eigenvalue weighted by molar-refractivity contribution is 0.561. The highest BCUT2D eigenvalue weighted by Crippen LogP contribution is 2.26. The molecule has 0 amide bonds. The number of nitrogens with one attached hydrogen (secondary N) is 1. The lowest BCUT2D eigenvalue weighted by Crippen LogP contribution is -2.27. The van der Waals surface area contributed by atoms with Crippen LogP contribution < -0.4 is 10.5 Å². The minimum atomic E-state index is -3.50. The number of rotatable bonds is 4. The van der Waals surface area contributed by atoms with Crippen LogP contribution in [0.2, 0.25) is 0 Å². The molecule has 2 rings (SSSR count). The summed E-state index contributed by atoms with van der Waals surface area (Å²) in [6, 6.07) is 10.4. The van der Waals surface area contributed by atoms with Crippen molar-refractivity contribution in [3.8, 4) is 0 Å². The van der Waals surface area contributed by atoms with E-state index in [0.717, 1.165) is 5.39 Å². The van der Waals surface area contributed by atoms with Crippen LogP contribution in [0.25, 0.3) is 10.8 Å². The number of benzene rings is 2. The van der Waals surface area contributed by atoms with Crippen LogP contribution in [0.5, 0.6) is 0 Å².